The summed E-state index contributed by atoms with van der Waals surface area (Å²) in [4.78, 5) is 11.7. The van der Waals surface area contributed by atoms with Gasteiger partial charge in [0.05, 0.1) is 6.10 Å². The molecular weight excluding hydrogens is 314 g/mol. The summed E-state index contributed by atoms with van der Waals surface area (Å²) in [7, 11) is 0. The molecule has 0 saturated carbocycles. The van der Waals surface area contributed by atoms with Crippen molar-refractivity contribution < 1.29 is 18.7 Å². The molecule has 0 bridgehead atoms. The van der Waals surface area contributed by atoms with Crippen molar-refractivity contribution in [2.75, 3.05) is 11.9 Å². The molecule has 0 aliphatic carbocycles. The molecule has 0 unspecified atom stereocenters. The van der Waals surface area contributed by atoms with Crippen LogP contribution >= 0.6 is 11.6 Å². The summed E-state index contributed by atoms with van der Waals surface area (Å²) in [5.41, 5.74) is 0.386. The maximum atomic E-state index is 13.5. The first kappa shape index (κ1) is 16.2. The number of aliphatic hydroxyl groups excluding tert-OH is 1. The highest BCUT2D eigenvalue weighted by Crippen LogP contribution is 2.18. The minimum atomic E-state index is -1.29. The molecule has 3 N–H and O–H groups in total. The number of amides is 2. The number of halogens is 3. The Morgan fingerprint density at radius 1 is 1.23 bits per heavy atom. The van der Waals surface area contributed by atoms with E-state index in [-0.39, 0.29) is 12.1 Å². The molecule has 0 heterocycles. The number of hydrogen-bond acceptors (Lipinski definition) is 2. The molecule has 0 aliphatic heterocycles. The third kappa shape index (κ3) is 4.41. The molecule has 0 saturated heterocycles. The molecular formula is C15H13ClF2N2O2. The van der Waals surface area contributed by atoms with Crippen LogP contribution in [-0.2, 0) is 0 Å². The zero-order chi connectivity index (χ0) is 16.1. The van der Waals surface area contributed by atoms with Crippen LogP contribution in [0.1, 0.15) is 11.7 Å². The lowest BCUT2D eigenvalue weighted by Gasteiger charge is -2.14. The number of urea groups is 1. The minimum absolute atomic E-state index is 0.0931. The van der Waals surface area contributed by atoms with Gasteiger partial charge in [-0.25, -0.2) is 13.6 Å². The van der Waals surface area contributed by atoms with E-state index in [0.29, 0.717) is 16.8 Å². The summed E-state index contributed by atoms with van der Waals surface area (Å²) >= 11 is 5.78. The quantitative estimate of drug-likeness (QED) is 0.805. The fourth-order valence-electron chi connectivity index (χ4n) is 1.81. The smallest absolute Gasteiger partial charge is 0.319 e. The molecule has 0 aliphatic rings. The largest absolute Gasteiger partial charge is 0.386 e. The van der Waals surface area contributed by atoms with Gasteiger partial charge in [-0.05, 0) is 24.3 Å². The minimum Gasteiger partial charge on any atom is -0.386 e. The van der Waals surface area contributed by atoms with Gasteiger partial charge in [-0.1, -0.05) is 23.7 Å². The average Bonchev–Trinajstić information content (AvgIpc) is 2.45. The summed E-state index contributed by atoms with van der Waals surface area (Å²) in [6.07, 6.45) is -1.29. The lowest BCUT2D eigenvalue weighted by atomic mass is 10.1. The van der Waals surface area contributed by atoms with E-state index in [1.165, 1.54) is 0 Å². The zero-order valence-electron chi connectivity index (χ0n) is 11.3. The van der Waals surface area contributed by atoms with Gasteiger partial charge in [0.1, 0.15) is 11.6 Å². The van der Waals surface area contributed by atoms with Gasteiger partial charge in [0.15, 0.2) is 0 Å². The molecule has 1 atom stereocenters. The molecule has 2 aromatic rings. The highest BCUT2D eigenvalue weighted by molar-refractivity contribution is 6.30. The Morgan fingerprint density at radius 3 is 2.68 bits per heavy atom. The van der Waals surface area contributed by atoms with E-state index in [1.807, 2.05) is 0 Å². The van der Waals surface area contributed by atoms with Crippen molar-refractivity contribution in [1.29, 1.82) is 0 Å². The van der Waals surface area contributed by atoms with Crippen LogP contribution in [0.5, 0.6) is 0 Å². The molecule has 7 heteroatoms. The molecule has 22 heavy (non-hydrogen) atoms. The van der Waals surface area contributed by atoms with Crippen molar-refractivity contribution in [3.63, 3.8) is 0 Å². The van der Waals surface area contributed by atoms with E-state index < -0.39 is 23.8 Å². The molecule has 2 aromatic carbocycles. The van der Waals surface area contributed by atoms with Gasteiger partial charge in [-0.3, -0.25) is 0 Å². The highest BCUT2D eigenvalue weighted by Gasteiger charge is 2.14. The van der Waals surface area contributed by atoms with Gasteiger partial charge >= 0.3 is 6.03 Å². The van der Waals surface area contributed by atoms with Gasteiger partial charge in [-0.2, -0.15) is 0 Å². The topological polar surface area (TPSA) is 61.4 Å². The third-order valence-electron chi connectivity index (χ3n) is 2.86. The average molecular weight is 327 g/mol. The summed E-state index contributed by atoms with van der Waals surface area (Å²) in [5, 5.41) is 15.2. The molecule has 2 rings (SSSR count). The first-order chi connectivity index (χ1) is 10.5. The number of hydrogen-bond donors (Lipinski definition) is 3. The second kappa shape index (κ2) is 7.20. The number of carbonyl (C=O) groups excluding carboxylic acids is 1. The van der Waals surface area contributed by atoms with Gasteiger partial charge < -0.3 is 15.7 Å². The monoisotopic (exact) mass is 326 g/mol. The Bertz CT molecular complexity index is 682. The van der Waals surface area contributed by atoms with Crippen LogP contribution in [0.15, 0.2) is 42.5 Å². The lowest BCUT2D eigenvalue weighted by Crippen LogP contribution is -2.32. The van der Waals surface area contributed by atoms with Crippen LogP contribution in [0.3, 0.4) is 0 Å². The van der Waals surface area contributed by atoms with Crippen molar-refractivity contribution in [3.05, 3.63) is 64.7 Å². The van der Waals surface area contributed by atoms with Crippen molar-refractivity contribution in [2.45, 2.75) is 6.10 Å². The standard InChI is InChI=1S/C15H13ClF2N2O2/c16-9-2-1-3-11(6-9)20-15(22)19-8-14(21)12-5-4-10(17)7-13(12)18/h1-7,14,21H,8H2,(H2,19,20,22)/t14-/m1/s1. The SMILES string of the molecule is O=C(NC[C@@H](O)c1ccc(F)cc1F)Nc1cccc(Cl)c1. The van der Waals surface area contributed by atoms with Crippen LogP contribution in [-0.4, -0.2) is 17.7 Å². The van der Waals surface area contributed by atoms with E-state index >= 15 is 0 Å². The van der Waals surface area contributed by atoms with Gasteiger partial charge in [-0.15, -0.1) is 0 Å². The van der Waals surface area contributed by atoms with E-state index in [0.717, 1.165) is 12.1 Å². The van der Waals surface area contributed by atoms with Crippen LogP contribution in [0, 0.1) is 11.6 Å². The maximum Gasteiger partial charge on any atom is 0.319 e. The summed E-state index contributed by atoms with van der Waals surface area (Å²) in [6, 6.07) is 8.78. The molecule has 0 spiro atoms. The first-order valence-electron chi connectivity index (χ1n) is 6.39. The molecule has 0 aromatic heterocycles. The number of nitrogens with one attached hydrogen (secondary N) is 2. The van der Waals surface area contributed by atoms with Crippen LogP contribution in [0.4, 0.5) is 19.3 Å². The number of rotatable bonds is 4. The van der Waals surface area contributed by atoms with Crippen molar-refractivity contribution in [2.24, 2.45) is 0 Å². The number of carbonyl (C=O) groups is 1. The second-order valence-corrected chi connectivity index (χ2v) is 4.96. The maximum absolute atomic E-state index is 13.5. The van der Waals surface area contributed by atoms with Crippen LogP contribution in [0.2, 0.25) is 5.02 Å². The Hall–Kier alpha value is -2.18. The van der Waals surface area contributed by atoms with Crippen LogP contribution < -0.4 is 10.6 Å². The van der Waals surface area contributed by atoms with Gasteiger partial charge in [0, 0.05) is 28.9 Å². The van der Waals surface area contributed by atoms with E-state index in [9.17, 15) is 18.7 Å². The van der Waals surface area contributed by atoms with Crippen molar-refractivity contribution in [1.82, 2.24) is 5.32 Å². The summed E-state index contributed by atoms with van der Waals surface area (Å²) in [6.45, 7) is -0.227. The zero-order valence-corrected chi connectivity index (χ0v) is 12.1. The molecule has 2 amide bonds. The Kier molecular flexibility index (Phi) is 5.30. The molecule has 4 nitrogen and oxygen atoms in total. The number of benzene rings is 2. The Morgan fingerprint density at radius 2 is 2.00 bits per heavy atom. The Labute approximate surface area is 130 Å². The summed E-state index contributed by atoms with van der Waals surface area (Å²) in [5.74, 6) is -1.61. The lowest BCUT2D eigenvalue weighted by molar-refractivity contribution is 0.170. The summed E-state index contributed by atoms with van der Waals surface area (Å²) < 4.78 is 26.3. The second-order valence-electron chi connectivity index (χ2n) is 4.53. The predicted molar refractivity (Wildman–Crippen MR) is 79.8 cm³/mol. The predicted octanol–water partition coefficient (Wildman–Crippen LogP) is 3.47. The fourth-order valence-corrected chi connectivity index (χ4v) is 2.00. The Balaban J connectivity index is 1.90. The van der Waals surface area contributed by atoms with E-state index in [1.54, 1.807) is 24.3 Å². The van der Waals surface area contributed by atoms with Crippen molar-refractivity contribution >= 4 is 23.3 Å². The fraction of sp³-hybridized carbons (Fsp3) is 0.133. The number of anilines is 1. The van der Waals surface area contributed by atoms with Gasteiger partial charge in [0.2, 0.25) is 0 Å². The van der Waals surface area contributed by atoms with Crippen LogP contribution in [0.25, 0.3) is 0 Å². The van der Waals surface area contributed by atoms with E-state index in [2.05, 4.69) is 10.6 Å². The normalized spacial score (nSPS) is 11.8. The van der Waals surface area contributed by atoms with Gasteiger partial charge in [0.25, 0.3) is 0 Å². The first-order valence-corrected chi connectivity index (χ1v) is 6.77. The molecule has 0 radical (unpaired) electrons. The van der Waals surface area contributed by atoms with Crippen molar-refractivity contribution in [3.8, 4) is 0 Å². The third-order valence-corrected chi connectivity index (χ3v) is 3.10. The highest BCUT2D eigenvalue weighted by atomic mass is 35.5. The number of aliphatic hydroxyl groups is 1. The van der Waals surface area contributed by atoms with E-state index in [4.69, 9.17) is 11.6 Å². The molecule has 0 fully saturated rings. The molecule has 116 valence electrons.